The number of hydrogen-bond donors (Lipinski definition) is 0. The third-order valence-corrected chi connectivity index (χ3v) is 11.2. The highest BCUT2D eigenvalue weighted by Crippen LogP contribution is 2.46. The zero-order valence-corrected chi connectivity index (χ0v) is 31.8. The largest absolute Gasteiger partial charge is 0.417 e. The molecular formula is C52H32F3N5. The van der Waals surface area contributed by atoms with E-state index in [0.717, 1.165) is 66.5 Å². The molecule has 0 saturated carbocycles. The first-order chi connectivity index (χ1) is 29.4. The summed E-state index contributed by atoms with van der Waals surface area (Å²) in [6.45, 7) is 0. The van der Waals surface area contributed by atoms with E-state index < -0.39 is 11.7 Å². The van der Waals surface area contributed by atoms with Crippen LogP contribution in [0.2, 0.25) is 0 Å². The SMILES string of the molecule is FC(F)(F)c1ccccc1-c1cc(-c2nc(-c3ccccc3)nc(-c3ccccc3)n2)ccc1-n1c2ccccc2c2ccc3c4ccccc4n(-c4ccccc4)c3c21. The van der Waals surface area contributed by atoms with Gasteiger partial charge in [0.1, 0.15) is 0 Å². The lowest BCUT2D eigenvalue weighted by Gasteiger charge is -2.20. The summed E-state index contributed by atoms with van der Waals surface area (Å²) < 4.78 is 49.8. The second kappa shape index (κ2) is 13.9. The van der Waals surface area contributed by atoms with Crippen molar-refractivity contribution in [2.75, 3.05) is 0 Å². The van der Waals surface area contributed by atoms with Crippen molar-refractivity contribution in [3.8, 4) is 56.7 Å². The Morgan fingerprint density at radius 2 is 0.833 bits per heavy atom. The van der Waals surface area contributed by atoms with E-state index in [1.807, 2.05) is 121 Å². The Morgan fingerprint density at radius 3 is 1.42 bits per heavy atom. The molecule has 5 nitrogen and oxygen atoms in total. The predicted molar refractivity (Wildman–Crippen MR) is 235 cm³/mol. The molecule has 8 heteroatoms. The molecule has 8 aromatic carbocycles. The van der Waals surface area contributed by atoms with E-state index in [9.17, 15) is 0 Å². The lowest BCUT2D eigenvalue weighted by molar-refractivity contribution is -0.137. The molecule has 0 spiro atoms. The van der Waals surface area contributed by atoms with Gasteiger partial charge in [-0.15, -0.1) is 0 Å². The van der Waals surface area contributed by atoms with Gasteiger partial charge in [0.2, 0.25) is 0 Å². The average Bonchev–Trinajstić information content (AvgIpc) is 3.82. The summed E-state index contributed by atoms with van der Waals surface area (Å²) in [5.74, 6) is 1.26. The number of para-hydroxylation sites is 3. The molecule has 0 bridgehead atoms. The molecule has 0 atom stereocenters. The first-order valence-corrected chi connectivity index (χ1v) is 19.6. The van der Waals surface area contributed by atoms with Crippen molar-refractivity contribution in [2.24, 2.45) is 0 Å². The number of halogens is 3. The normalized spacial score (nSPS) is 11.9. The van der Waals surface area contributed by atoms with Crippen LogP contribution < -0.4 is 0 Å². The molecule has 11 aromatic rings. The van der Waals surface area contributed by atoms with Crippen LogP contribution in [0.1, 0.15) is 5.56 Å². The van der Waals surface area contributed by atoms with E-state index in [4.69, 9.17) is 15.0 Å². The molecule has 0 saturated heterocycles. The minimum atomic E-state index is -4.63. The molecule has 0 aliphatic carbocycles. The molecule has 3 aromatic heterocycles. The van der Waals surface area contributed by atoms with E-state index in [0.29, 0.717) is 34.3 Å². The maximum absolute atomic E-state index is 15.1. The van der Waals surface area contributed by atoms with Gasteiger partial charge in [-0.2, -0.15) is 13.2 Å². The van der Waals surface area contributed by atoms with Crippen LogP contribution >= 0.6 is 0 Å². The van der Waals surface area contributed by atoms with Gasteiger partial charge in [0.05, 0.1) is 33.3 Å². The molecule has 0 amide bonds. The fourth-order valence-electron chi connectivity index (χ4n) is 8.58. The van der Waals surface area contributed by atoms with Gasteiger partial charge in [-0.05, 0) is 54.1 Å². The zero-order valence-electron chi connectivity index (χ0n) is 31.8. The van der Waals surface area contributed by atoms with Crippen molar-refractivity contribution in [1.82, 2.24) is 24.1 Å². The summed E-state index contributed by atoms with van der Waals surface area (Å²) in [7, 11) is 0. The Balaban J connectivity index is 1.26. The van der Waals surface area contributed by atoms with Crippen LogP contribution in [0.4, 0.5) is 13.2 Å². The molecule has 0 fully saturated rings. The highest BCUT2D eigenvalue weighted by molar-refractivity contribution is 6.24. The van der Waals surface area contributed by atoms with Crippen molar-refractivity contribution in [2.45, 2.75) is 6.18 Å². The van der Waals surface area contributed by atoms with Crippen LogP contribution in [0.25, 0.3) is 100 Å². The molecule has 0 unspecified atom stereocenters. The molecule has 0 radical (unpaired) electrons. The molecule has 60 heavy (non-hydrogen) atoms. The van der Waals surface area contributed by atoms with Gasteiger partial charge in [-0.25, -0.2) is 15.0 Å². The van der Waals surface area contributed by atoms with Crippen LogP contribution in [0, 0.1) is 0 Å². The van der Waals surface area contributed by atoms with Crippen LogP contribution in [-0.2, 0) is 6.18 Å². The van der Waals surface area contributed by atoms with E-state index in [1.54, 1.807) is 18.2 Å². The van der Waals surface area contributed by atoms with Crippen molar-refractivity contribution < 1.29 is 13.2 Å². The Labute approximate surface area is 342 Å². The standard InChI is InChI=1S/C52H32F3N5/c53-52(54,55)43-25-13-10-22-37(43)42-32-35(51-57-49(33-16-4-1-5-17-33)56-50(58-51)34-18-6-2-7-19-34)28-31-46(42)60-45-27-15-12-24-39(45)41-30-29-40-38-23-11-14-26-44(38)59(47(40)48(41)60)36-20-8-3-9-21-36/h1-32H. The summed E-state index contributed by atoms with van der Waals surface area (Å²) in [5, 5.41) is 4.07. The summed E-state index contributed by atoms with van der Waals surface area (Å²) in [5.41, 5.74) is 7.10. The quantitative estimate of drug-likeness (QED) is 0.169. The third-order valence-electron chi connectivity index (χ3n) is 11.2. The Kier molecular flexibility index (Phi) is 8.20. The average molecular weight is 784 g/mol. The number of aromatic nitrogens is 5. The summed E-state index contributed by atoms with van der Waals surface area (Å²) in [6.07, 6.45) is -4.63. The highest BCUT2D eigenvalue weighted by atomic mass is 19.4. The molecule has 0 aliphatic heterocycles. The predicted octanol–water partition coefficient (Wildman–Crippen LogP) is 13.8. The van der Waals surface area contributed by atoms with Crippen molar-refractivity contribution in [3.63, 3.8) is 0 Å². The monoisotopic (exact) mass is 783 g/mol. The summed E-state index contributed by atoms with van der Waals surface area (Å²) in [6, 6.07) is 61.5. The minimum Gasteiger partial charge on any atom is -0.307 e. The van der Waals surface area contributed by atoms with Crippen LogP contribution in [0.3, 0.4) is 0 Å². The fraction of sp³-hybridized carbons (Fsp3) is 0.0192. The molecule has 3 heterocycles. The summed E-state index contributed by atoms with van der Waals surface area (Å²) in [4.78, 5) is 14.8. The van der Waals surface area contributed by atoms with Crippen molar-refractivity contribution >= 4 is 43.6 Å². The maximum Gasteiger partial charge on any atom is 0.417 e. The number of hydrogen-bond acceptors (Lipinski definition) is 3. The van der Waals surface area contributed by atoms with Crippen LogP contribution in [-0.4, -0.2) is 24.1 Å². The molecule has 286 valence electrons. The lowest BCUT2D eigenvalue weighted by atomic mass is 9.95. The topological polar surface area (TPSA) is 48.5 Å². The van der Waals surface area contributed by atoms with Crippen LogP contribution in [0.5, 0.6) is 0 Å². The van der Waals surface area contributed by atoms with Gasteiger partial charge in [0.15, 0.2) is 17.5 Å². The van der Waals surface area contributed by atoms with E-state index in [1.165, 1.54) is 6.07 Å². The highest BCUT2D eigenvalue weighted by Gasteiger charge is 2.34. The van der Waals surface area contributed by atoms with Crippen molar-refractivity contribution in [3.05, 3.63) is 200 Å². The fourth-order valence-corrected chi connectivity index (χ4v) is 8.58. The third kappa shape index (κ3) is 5.75. The molecule has 0 aliphatic rings. The Morgan fingerprint density at radius 1 is 0.367 bits per heavy atom. The van der Waals surface area contributed by atoms with E-state index in [-0.39, 0.29) is 5.56 Å². The molecular weight excluding hydrogens is 752 g/mol. The maximum atomic E-state index is 15.1. The first-order valence-electron chi connectivity index (χ1n) is 19.6. The number of rotatable bonds is 6. The van der Waals surface area contributed by atoms with Gasteiger partial charge < -0.3 is 9.13 Å². The lowest BCUT2D eigenvalue weighted by Crippen LogP contribution is -2.08. The number of nitrogens with zero attached hydrogens (tertiary/aromatic N) is 5. The zero-order chi connectivity index (χ0) is 40.4. The second-order valence-corrected chi connectivity index (χ2v) is 14.7. The number of benzene rings is 8. The van der Waals surface area contributed by atoms with Crippen molar-refractivity contribution in [1.29, 1.82) is 0 Å². The number of alkyl halides is 3. The Bertz CT molecular complexity index is 3350. The van der Waals surface area contributed by atoms with Crippen LogP contribution in [0.15, 0.2) is 194 Å². The number of fused-ring (bicyclic) bond motifs is 7. The Hall–Kier alpha value is -7.84. The van der Waals surface area contributed by atoms with Gasteiger partial charge in [0, 0.05) is 49.5 Å². The summed E-state index contributed by atoms with van der Waals surface area (Å²) >= 11 is 0. The van der Waals surface area contributed by atoms with Gasteiger partial charge in [-0.3, -0.25) is 0 Å². The van der Waals surface area contributed by atoms with Gasteiger partial charge in [-0.1, -0.05) is 146 Å². The van der Waals surface area contributed by atoms with Gasteiger partial charge in [0.25, 0.3) is 0 Å². The molecule has 0 N–H and O–H groups in total. The molecule has 11 rings (SSSR count). The minimum absolute atomic E-state index is 0.0455. The first kappa shape index (κ1) is 35.3. The van der Waals surface area contributed by atoms with E-state index >= 15 is 13.2 Å². The second-order valence-electron chi connectivity index (χ2n) is 14.7. The van der Waals surface area contributed by atoms with Gasteiger partial charge >= 0.3 is 6.18 Å². The van der Waals surface area contributed by atoms with E-state index in [2.05, 4.69) is 51.6 Å². The smallest absolute Gasteiger partial charge is 0.307 e.